The first-order valence-electron chi connectivity index (χ1n) is 14.3. The van der Waals surface area contributed by atoms with Gasteiger partial charge in [0.1, 0.15) is 5.75 Å². The first kappa shape index (κ1) is 32.1. The molecular weight excluding hydrogens is 567 g/mol. The SMILES string of the molecule is CC(C)(C)C1CCC2(CC1)CN(Cc1ccc(C(=O)NC[C@@H](O)C(=O)O)cc1)C(=O)N(c1ccc(OC(F)(F)F)cc1)C2. The Labute approximate surface area is 248 Å². The highest BCUT2D eigenvalue weighted by Crippen LogP contribution is 2.48. The van der Waals surface area contributed by atoms with Crippen molar-refractivity contribution >= 4 is 23.6 Å². The summed E-state index contributed by atoms with van der Waals surface area (Å²) in [6.45, 7) is 7.53. The van der Waals surface area contributed by atoms with Crippen molar-refractivity contribution in [3.63, 3.8) is 0 Å². The number of amides is 3. The summed E-state index contributed by atoms with van der Waals surface area (Å²) < 4.78 is 42.1. The third-order valence-corrected chi connectivity index (χ3v) is 8.50. The summed E-state index contributed by atoms with van der Waals surface area (Å²) in [6, 6.07) is 11.6. The van der Waals surface area contributed by atoms with Crippen LogP contribution in [0.25, 0.3) is 0 Å². The smallest absolute Gasteiger partial charge is 0.479 e. The summed E-state index contributed by atoms with van der Waals surface area (Å²) in [6.07, 6.45) is -2.69. The highest BCUT2D eigenvalue weighted by molar-refractivity contribution is 5.95. The second-order valence-corrected chi connectivity index (χ2v) is 12.7. The highest BCUT2D eigenvalue weighted by atomic mass is 19.4. The van der Waals surface area contributed by atoms with E-state index >= 15 is 0 Å². The Morgan fingerprint density at radius 1 is 1.02 bits per heavy atom. The van der Waals surface area contributed by atoms with E-state index in [1.54, 1.807) is 34.1 Å². The average Bonchev–Trinajstić information content (AvgIpc) is 2.93. The van der Waals surface area contributed by atoms with Crippen LogP contribution in [0.3, 0.4) is 0 Å². The number of ether oxygens (including phenoxy) is 1. The molecule has 4 rings (SSSR count). The van der Waals surface area contributed by atoms with E-state index < -0.39 is 30.9 Å². The van der Waals surface area contributed by atoms with Crippen LogP contribution in [0.5, 0.6) is 5.75 Å². The Morgan fingerprint density at radius 2 is 1.63 bits per heavy atom. The number of anilines is 1. The lowest BCUT2D eigenvalue weighted by Gasteiger charge is -2.52. The number of nitrogens with zero attached hydrogens (tertiary/aromatic N) is 2. The van der Waals surface area contributed by atoms with Crippen molar-refractivity contribution in [1.82, 2.24) is 10.2 Å². The molecule has 1 heterocycles. The second-order valence-electron chi connectivity index (χ2n) is 12.7. The number of rotatable bonds is 8. The van der Waals surface area contributed by atoms with Crippen molar-refractivity contribution in [3.05, 3.63) is 59.7 Å². The average molecular weight is 606 g/mol. The topological polar surface area (TPSA) is 119 Å². The minimum absolute atomic E-state index is 0.166. The van der Waals surface area contributed by atoms with Gasteiger partial charge in [-0.05, 0) is 79.0 Å². The number of alkyl halides is 3. The minimum atomic E-state index is -4.81. The van der Waals surface area contributed by atoms with Crippen LogP contribution in [-0.4, -0.2) is 65.1 Å². The standard InChI is InChI=1S/C31H38F3N3O6/c1-29(2,3)22-12-14-30(15-13-22)18-36(17-20-4-6-21(7-5-20)26(39)35-16-25(38)27(40)41)28(42)37(19-30)23-8-10-24(11-9-23)43-31(32,33)34/h4-11,22,25,38H,12-19H2,1-3H3,(H,35,39)(H,40,41)/t22?,25-,30?/m1/s1. The quantitative estimate of drug-likeness (QED) is 0.370. The van der Waals surface area contributed by atoms with Crippen molar-refractivity contribution in [3.8, 4) is 5.75 Å². The maximum atomic E-state index is 13.8. The van der Waals surface area contributed by atoms with Gasteiger partial charge in [-0.1, -0.05) is 32.9 Å². The number of carboxylic acid groups (broad SMARTS) is 1. The molecule has 43 heavy (non-hydrogen) atoms. The van der Waals surface area contributed by atoms with E-state index in [0.29, 0.717) is 24.7 Å². The molecular formula is C31H38F3N3O6. The van der Waals surface area contributed by atoms with E-state index in [1.807, 2.05) is 0 Å². The molecule has 1 atom stereocenters. The van der Waals surface area contributed by atoms with Crippen molar-refractivity contribution in [2.45, 2.75) is 65.5 Å². The van der Waals surface area contributed by atoms with Crippen LogP contribution in [0.2, 0.25) is 0 Å². The third kappa shape index (κ3) is 8.19. The number of aliphatic hydroxyl groups excluding tert-OH is 1. The molecule has 3 amide bonds. The van der Waals surface area contributed by atoms with Crippen molar-refractivity contribution in [2.24, 2.45) is 16.7 Å². The Hall–Kier alpha value is -3.80. The molecule has 0 radical (unpaired) electrons. The predicted molar refractivity (Wildman–Crippen MR) is 153 cm³/mol. The molecule has 2 aliphatic rings. The number of aliphatic hydroxyl groups is 1. The number of aliphatic carboxylic acids is 1. The molecule has 1 aliphatic heterocycles. The lowest BCUT2D eigenvalue weighted by atomic mass is 9.63. The molecule has 2 aromatic rings. The van der Waals surface area contributed by atoms with Crippen molar-refractivity contribution in [2.75, 3.05) is 24.5 Å². The van der Waals surface area contributed by atoms with Crippen molar-refractivity contribution in [1.29, 1.82) is 0 Å². The Kier molecular flexibility index (Phi) is 9.29. The first-order valence-corrected chi connectivity index (χ1v) is 14.3. The summed E-state index contributed by atoms with van der Waals surface area (Å²) >= 11 is 0. The summed E-state index contributed by atoms with van der Waals surface area (Å²) in [5, 5.41) is 20.5. The zero-order valence-electron chi connectivity index (χ0n) is 24.5. The first-order chi connectivity index (χ1) is 20.1. The summed E-state index contributed by atoms with van der Waals surface area (Å²) in [5.41, 5.74) is 1.49. The largest absolute Gasteiger partial charge is 0.573 e. The van der Waals surface area contributed by atoms with E-state index in [9.17, 15) is 32.7 Å². The van der Waals surface area contributed by atoms with Crippen LogP contribution in [0.15, 0.2) is 48.5 Å². The van der Waals surface area contributed by atoms with Crippen LogP contribution in [0, 0.1) is 16.7 Å². The minimum Gasteiger partial charge on any atom is -0.479 e. The molecule has 2 fully saturated rings. The van der Waals surface area contributed by atoms with Crippen LogP contribution in [0.4, 0.5) is 23.7 Å². The molecule has 0 aromatic heterocycles. The molecule has 1 aliphatic carbocycles. The van der Waals surface area contributed by atoms with Crippen LogP contribution in [0.1, 0.15) is 62.4 Å². The molecule has 1 saturated heterocycles. The van der Waals surface area contributed by atoms with Crippen LogP contribution < -0.4 is 15.0 Å². The number of benzene rings is 2. The van der Waals surface area contributed by atoms with Gasteiger partial charge in [0.15, 0.2) is 6.10 Å². The van der Waals surface area contributed by atoms with E-state index in [2.05, 4.69) is 30.8 Å². The second kappa shape index (κ2) is 12.4. The maximum Gasteiger partial charge on any atom is 0.573 e. The number of urea groups is 1. The predicted octanol–water partition coefficient (Wildman–Crippen LogP) is 5.43. The highest BCUT2D eigenvalue weighted by Gasteiger charge is 2.46. The number of carboxylic acids is 1. The van der Waals surface area contributed by atoms with E-state index in [1.165, 1.54) is 24.3 Å². The lowest BCUT2D eigenvalue weighted by molar-refractivity contribution is -0.274. The molecule has 12 heteroatoms. The number of carbonyl (C=O) groups excluding carboxylic acids is 2. The van der Waals surface area contributed by atoms with Gasteiger partial charge in [-0.25, -0.2) is 9.59 Å². The number of hydrogen-bond donors (Lipinski definition) is 3. The summed E-state index contributed by atoms with van der Waals surface area (Å²) in [7, 11) is 0. The molecule has 0 unspecified atom stereocenters. The zero-order chi connectivity index (χ0) is 31.6. The van der Waals surface area contributed by atoms with Crippen LogP contribution >= 0.6 is 0 Å². The van der Waals surface area contributed by atoms with Gasteiger partial charge in [0.05, 0.1) is 6.54 Å². The molecule has 3 N–H and O–H groups in total. The van der Waals surface area contributed by atoms with Gasteiger partial charge in [-0.2, -0.15) is 0 Å². The molecule has 2 aromatic carbocycles. The number of halogens is 3. The van der Waals surface area contributed by atoms with Crippen molar-refractivity contribution < 1.29 is 42.5 Å². The van der Waals surface area contributed by atoms with Gasteiger partial charge >= 0.3 is 18.4 Å². The Balaban J connectivity index is 1.53. The Bertz CT molecular complexity index is 1300. The molecule has 1 spiro atoms. The van der Waals surface area contributed by atoms with E-state index in [0.717, 1.165) is 31.2 Å². The van der Waals surface area contributed by atoms with Gasteiger partial charge in [0.2, 0.25) is 0 Å². The monoisotopic (exact) mass is 605 g/mol. The van der Waals surface area contributed by atoms with Gasteiger partial charge in [0, 0.05) is 36.3 Å². The van der Waals surface area contributed by atoms with E-state index in [-0.39, 0.29) is 34.7 Å². The van der Waals surface area contributed by atoms with Gasteiger partial charge in [-0.3, -0.25) is 9.69 Å². The van der Waals surface area contributed by atoms with Gasteiger partial charge in [-0.15, -0.1) is 13.2 Å². The number of carbonyl (C=O) groups is 3. The summed E-state index contributed by atoms with van der Waals surface area (Å²) in [5.74, 6) is -1.79. The van der Waals surface area contributed by atoms with Crippen LogP contribution in [-0.2, 0) is 11.3 Å². The zero-order valence-corrected chi connectivity index (χ0v) is 24.5. The van der Waals surface area contributed by atoms with E-state index in [4.69, 9.17) is 5.11 Å². The molecule has 9 nitrogen and oxygen atoms in total. The molecule has 234 valence electrons. The lowest BCUT2D eigenvalue weighted by Crippen LogP contribution is -2.59. The van der Waals surface area contributed by atoms with Gasteiger partial charge < -0.3 is 25.2 Å². The third-order valence-electron chi connectivity index (χ3n) is 8.50. The van der Waals surface area contributed by atoms with Gasteiger partial charge in [0.25, 0.3) is 5.91 Å². The molecule has 0 bridgehead atoms. The number of nitrogens with one attached hydrogen (secondary N) is 1. The fourth-order valence-corrected chi connectivity index (χ4v) is 6.02. The normalized spacial score (nSPS) is 21.9. The summed E-state index contributed by atoms with van der Waals surface area (Å²) in [4.78, 5) is 40.3. The maximum absolute atomic E-state index is 13.8. The Morgan fingerprint density at radius 3 is 2.16 bits per heavy atom. The number of hydrogen-bond acceptors (Lipinski definition) is 5. The fraction of sp³-hybridized carbons (Fsp3) is 0.516. The molecule has 1 saturated carbocycles. The fourth-order valence-electron chi connectivity index (χ4n) is 6.02.